The van der Waals surface area contributed by atoms with Crippen LogP contribution in [-0.2, 0) is 26.6 Å². The van der Waals surface area contributed by atoms with Crippen molar-refractivity contribution in [3.8, 4) is 5.75 Å². The van der Waals surface area contributed by atoms with Gasteiger partial charge in [-0.05, 0) is 130 Å². The van der Waals surface area contributed by atoms with E-state index in [9.17, 15) is 13.2 Å². The number of benzene rings is 2. The van der Waals surface area contributed by atoms with E-state index >= 15 is 0 Å². The van der Waals surface area contributed by atoms with Crippen molar-refractivity contribution in [2.24, 2.45) is 17.8 Å². The minimum Gasteiger partial charge on any atom is -0.490 e. The van der Waals surface area contributed by atoms with Gasteiger partial charge in [0.25, 0.3) is 5.91 Å². The summed E-state index contributed by atoms with van der Waals surface area (Å²) >= 11 is 6.54. The second kappa shape index (κ2) is 16.6. The summed E-state index contributed by atoms with van der Waals surface area (Å²) in [6.45, 7) is 14.1. The van der Waals surface area contributed by atoms with Crippen molar-refractivity contribution in [1.82, 2.24) is 14.5 Å². The summed E-state index contributed by atoms with van der Waals surface area (Å²) in [6, 6.07) is 12.4. The summed E-state index contributed by atoms with van der Waals surface area (Å²) in [4.78, 5) is 21.7. The number of amides is 1. The topological polar surface area (TPSA) is 91.4 Å². The molecule has 1 N–H and O–H groups in total. The Hall–Kier alpha value is -2.63. The van der Waals surface area contributed by atoms with Crippen molar-refractivity contribution >= 4 is 33.2 Å². The summed E-state index contributed by atoms with van der Waals surface area (Å²) in [5.41, 5.74) is 3.01. The van der Waals surface area contributed by atoms with Crippen molar-refractivity contribution in [2.75, 3.05) is 63.9 Å². The molecule has 11 heteroatoms. The zero-order valence-electron chi connectivity index (χ0n) is 33.8. The van der Waals surface area contributed by atoms with E-state index < -0.39 is 26.8 Å². The highest BCUT2D eigenvalue weighted by Gasteiger charge is 2.50. The van der Waals surface area contributed by atoms with Crippen LogP contribution in [0.2, 0.25) is 5.02 Å². The number of hydrogen-bond donors (Lipinski definition) is 1. The maximum atomic E-state index is 14.1. The van der Waals surface area contributed by atoms with Gasteiger partial charge >= 0.3 is 0 Å². The number of sulfonamides is 1. The van der Waals surface area contributed by atoms with E-state index in [2.05, 4.69) is 50.6 Å². The second-order valence-corrected chi connectivity index (χ2v) is 20.3. The van der Waals surface area contributed by atoms with Crippen LogP contribution in [0.5, 0.6) is 5.75 Å². The summed E-state index contributed by atoms with van der Waals surface area (Å²) in [6.07, 6.45) is 15.4. The van der Waals surface area contributed by atoms with Gasteiger partial charge in [-0.3, -0.25) is 14.6 Å². The molecule has 6 aliphatic rings. The third-order valence-corrected chi connectivity index (χ3v) is 16.6. The van der Waals surface area contributed by atoms with Crippen molar-refractivity contribution in [3.63, 3.8) is 0 Å². The SMILES string of the molecule is CCC[C@@H]1[C@@H](C)C/C=C/[C@@](CN2CCN3CCCC[C@@H]3C2)(OCC)[C@@H]2CC[C@H]2CN2C[C@@]3(CCCc4cc(Cl)ccc43)COc3ccc(cc32)C(=O)NS1(=O)=O. The molecule has 2 saturated heterocycles. The second-order valence-electron chi connectivity index (χ2n) is 18.0. The molecular formula is C45H63ClN4O5S. The summed E-state index contributed by atoms with van der Waals surface area (Å²) < 4.78 is 44.5. The largest absolute Gasteiger partial charge is 0.490 e. The lowest BCUT2D eigenvalue weighted by molar-refractivity contribution is -0.116. The molecular weight excluding hydrogens is 744 g/mol. The Kier molecular flexibility index (Phi) is 11.9. The van der Waals surface area contributed by atoms with Crippen LogP contribution in [0, 0.1) is 17.8 Å². The van der Waals surface area contributed by atoms with Gasteiger partial charge in [0.05, 0.1) is 17.5 Å². The first kappa shape index (κ1) is 40.2. The average molecular weight is 808 g/mol. The number of allylic oxidation sites excluding steroid dienone is 1. The molecule has 56 heavy (non-hydrogen) atoms. The van der Waals surface area contributed by atoms with Gasteiger partial charge in [-0.15, -0.1) is 0 Å². The molecule has 2 aliphatic carbocycles. The van der Waals surface area contributed by atoms with Gasteiger partial charge in [0.2, 0.25) is 10.0 Å². The van der Waals surface area contributed by atoms with Crippen LogP contribution in [-0.4, -0.2) is 100 Å². The standard InChI is InChI=1S/C45H63ClN4O5S/c1-4-10-42-32(3)11-8-21-45(55-5-2,30-48-23-24-49-22-7-6-13-37(49)28-48)39-17-14-35(39)27-50-29-44(20-9-12-33-25-36(46)16-18-38(33)44)31-54-41-19-15-34(26-40(41)50)43(51)47-56(42,52)53/h8,15-16,18-19,21,25-26,32,35,37,39,42H,4-7,9-14,17,20,22-24,27-31H2,1-3H3,(H,47,51)/b21-8+/t32-,35-,37+,39+,42+,44-,45-/m0/s1. The lowest BCUT2D eigenvalue weighted by Crippen LogP contribution is -2.61. The Morgan fingerprint density at radius 1 is 1.02 bits per heavy atom. The molecule has 7 atom stereocenters. The van der Waals surface area contributed by atoms with Crippen molar-refractivity contribution in [1.29, 1.82) is 0 Å². The fraction of sp³-hybridized carbons (Fsp3) is 0.667. The quantitative estimate of drug-likeness (QED) is 0.299. The number of ether oxygens (including phenoxy) is 2. The molecule has 0 aromatic heterocycles. The highest BCUT2D eigenvalue weighted by atomic mass is 35.5. The fourth-order valence-corrected chi connectivity index (χ4v) is 13.4. The Bertz CT molecular complexity index is 1890. The molecule has 0 radical (unpaired) electrons. The number of anilines is 1. The number of carbonyl (C=O) groups is 1. The zero-order valence-corrected chi connectivity index (χ0v) is 35.4. The molecule has 4 aliphatic heterocycles. The van der Waals surface area contributed by atoms with E-state index in [0.29, 0.717) is 50.0 Å². The minimum absolute atomic E-state index is 0.188. The normalized spacial score (nSPS) is 34.2. The van der Waals surface area contributed by atoms with Crippen LogP contribution >= 0.6 is 11.6 Å². The Balaban J connectivity index is 1.21. The first-order valence-electron chi connectivity index (χ1n) is 21.7. The predicted molar refractivity (Wildman–Crippen MR) is 224 cm³/mol. The minimum atomic E-state index is -3.98. The highest BCUT2D eigenvalue weighted by Crippen LogP contribution is 2.49. The number of nitrogens with zero attached hydrogens (tertiary/aromatic N) is 3. The van der Waals surface area contributed by atoms with E-state index in [4.69, 9.17) is 21.1 Å². The van der Waals surface area contributed by atoms with Crippen LogP contribution in [0.15, 0.2) is 48.6 Å². The van der Waals surface area contributed by atoms with Gasteiger partial charge < -0.3 is 14.4 Å². The van der Waals surface area contributed by atoms with Crippen molar-refractivity contribution < 1.29 is 22.7 Å². The molecule has 1 amide bonds. The first-order chi connectivity index (χ1) is 27.0. The number of nitrogens with one attached hydrogen (secondary N) is 1. The van der Waals surface area contributed by atoms with Crippen molar-refractivity contribution in [3.05, 3.63) is 70.3 Å². The van der Waals surface area contributed by atoms with Gasteiger partial charge in [-0.25, -0.2) is 13.1 Å². The first-order valence-corrected chi connectivity index (χ1v) is 23.6. The van der Waals surface area contributed by atoms with Gasteiger partial charge in [0.1, 0.15) is 11.4 Å². The Morgan fingerprint density at radius 2 is 1.89 bits per heavy atom. The predicted octanol–water partition coefficient (Wildman–Crippen LogP) is 7.61. The fourth-order valence-electron chi connectivity index (χ4n) is 11.4. The number of halogens is 1. The van der Waals surface area contributed by atoms with Crippen LogP contribution < -0.4 is 14.4 Å². The Morgan fingerprint density at radius 3 is 2.70 bits per heavy atom. The average Bonchev–Trinajstić information content (AvgIpc) is 3.31. The highest BCUT2D eigenvalue weighted by molar-refractivity contribution is 7.90. The number of rotatable bonds is 6. The number of aryl methyl sites for hydroxylation is 1. The van der Waals surface area contributed by atoms with E-state index in [1.807, 2.05) is 32.0 Å². The van der Waals surface area contributed by atoms with E-state index in [0.717, 1.165) is 87.8 Å². The van der Waals surface area contributed by atoms with E-state index in [1.165, 1.54) is 36.9 Å². The van der Waals surface area contributed by atoms with Gasteiger partial charge in [-0.1, -0.05) is 56.5 Å². The molecule has 2 bridgehead atoms. The smallest absolute Gasteiger partial charge is 0.264 e. The van der Waals surface area contributed by atoms with Crippen LogP contribution in [0.4, 0.5) is 5.69 Å². The van der Waals surface area contributed by atoms with E-state index in [1.54, 1.807) is 6.07 Å². The van der Waals surface area contributed by atoms with Crippen LogP contribution in [0.1, 0.15) is 106 Å². The molecule has 8 rings (SSSR count). The number of carbonyl (C=O) groups excluding carboxylic acids is 1. The lowest BCUT2D eigenvalue weighted by Gasteiger charge is -2.53. The number of piperidine rings is 1. The van der Waals surface area contributed by atoms with Gasteiger partial charge in [0.15, 0.2) is 0 Å². The summed E-state index contributed by atoms with van der Waals surface area (Å²) in [5.74, 6) is 0.601. The zero-order chi connectivity index (χ0) is 39.1. The Labute approximate surface area is 340 Å². The molecule has 4 heterocycles. The van der Waals surface area contributed by atoms with E-state index in [-0.39, 0.29) is 17.3 Å². The third-order valence-electron chi connectivity index (χ3n) is 14.4. The molecule has 2 aromatic rings. The summed E-state index contributed by atoms with van der Waals surface area (Å²) in [5, 5.41) is 0.0547. The molecule has 2 aromatic carbocycles. The number of hydrogen-bond acceptors (Lipinski definition) is 8. The monoisotopic (exact) mass is 806 g/mol. The van der Waals surface area contributed by atoms with Crippen LogP contribution in [0.3, 0.4) is 0 Å². The lowest BCUT2D eigenvalue weighted by atomic mass is 9.63. The molecule has 306 valence electrons. The third kappa shape index (κ3) is 7.91. The molecule has 1 saturated carbocycles. The molecule has 1 spiro atoms. The van der Waals surface area contributed by atoms with Gasteiger partial charge in [-0.2, -0.15) is 0 Å². The van der Waals surface area contributed by atoms with Crippen molar-refractivity contribution in [2.45, 2.75) is 114 Å². The maximum Gasteiger partial charge on any atom is 0.264 e. The molecule has 0 unspecified atom stereocenters. The maximum absolute atomic E-state index is 14.1. The molecule has 9 nitrogen and oxygen atoms in total. The number of fused-ring (bicyclic) bond motifs is 5. The number of piperazine rings is 1. The van der Waals surface area contributed by atoms with Crippen LogP contribution in [0.25, 0.3) is 0 Å². The summed E-state index contributed by atoms with van der Waals surface area (Å²) in [7, 11) is -3.98. The molecule has 3 fully saturated rings. The van der Waals surface area contributed by atoms with Gasteiger partial charge in [0, 0.05) is 67.9 Å².